The molecular formula is C69H60F4N14O7. The minimum atomic E-state index is -1.08. The second-order valence-corrected chi connectivity index (χ2v) is 24.5. The number of hydrogen-bond acceptors (Lipinski definition) is 16. The van der Waals surface area contributed by atoms with Gasteiger partial charge in [-0.3, -0.25) is 15.1 Å². The van der Waals surface area contributed by atoms with E-state index >= 15 is 4.39 Å². The third-order valence-electron chi connectivity index (χ3n) is 19.9. The van der Waals surface area contributed by atoms with E-state index in [2.05, 4.69) is 40.3 Å². The molecule has 3 aliphatic heterocycles. The van der Waals surface area contributed by atoms with Gasteiger partial charge in [0.05, 0.1) is 40.2 Å². The highest BCUT2D eigenvalue weighted by molar-refractivity contribution is 6.10. The molecule has 3 saturated heterocycles. The smallest absolute Gasteiger partial charge is 0.407 e. The summed E-state index contributed by atoms with van der Waals surface area (Å²) in [5.41, 5.74) is 11.6. The van der Waals surface area contributed by atoms with E-state index in [-0.39, 0.29) is 66.3 Å². The minimum absolute atomic E-state index is 0.0189. The summed E-state index contributed by atoms with van der Waals surface area (Å²) in [4.78, 5) is 68.9. The molecule has 16 rings (SSSR count). The molecule has 6 aromatic heterocycles. The Labute approximate surface area is 533 Å². The van der Waals surface area contributed by atoms with Crippen molar-refractivity contribution in [3.8, 4) is 22.5 Å². The van der Waals surface area contributed by atoms with E-state index in [1.165, 1.54) is 24.3 Å². The molecule has 5 aromatic carbocycles. The van der Waals surface area contributed by atoms with Gasteiger partial charge in [0.25, 0.3) is 0 Å². The summed E-state index contributed by atoms with van der Waals surface area (Å²) < 4.78 is 72.5. The number of pyridine rings is 2. The molecule has 2 saturated carbocycles. The lowest BCUT2D eigenvalue weighted by Crippen LogP contribution is -2.36. The van der Waals surface area contributed by atoms with Gasteiger partial charge in [0.15, 0.2) is 35.1 Å². The lowest BCUT2D eigenvalue weighted by Gasteiger charge is -2.27. The van der Waals surface area contributed by atoms with Gasteiger partial charge in [-0.1, -0.05) is 78.9 Å². The molecule has 476 valence electrons. The van der Waals surface area contributed by atoms with Crippen LogP contribution in [0.3, 0.4) is 0 Å². The summed E-state index contributed by atoms with van der Waals surface area (Å²) >= 11 is 0. The number of aromatic nitrogens is 10. The van der Waals surface area contributed by atoms with Crippen molar-refractivity contribution in [1.29, 1.82) is 0 Å². The lowest BCUT2D eigenvalue weighted by atomic mass is 9.90. The van der Waals surface area contributed by atoms with Crippen molar-refractivity contribution in [2.75, 3.05) is 55.7 Å². The topological polar surface area (TPSA) is 278 Å². The highest BCUT2D eigenvalue weighted by Gasteiger charge is 2.68. The van der Waals surface area contributed by atoms with E-state index in [9.17, 15) is 37.8 Å². The number of hydrogen-bond donors (Lipinski definition) is 5. The minimum Gasteiger partial charge on any atom is -0.478 e. The van der Waals surface area contributed by atoms with Gasteiger partial charge in [0.2, 0.25) is 5.65 Å². The third kappa shape index (κ3) is 10.1. The molecular weight excluding hydrogens is 1210 g/mol. The van der Waals surface area contributed by atoms with Crippen molar-refractivity contribution in [2.45, 2.75) is 55.8 Å². The Balaban J connectivity index is 0.000000164. The number of amides is 1. The van der Waals surface area contributed by atoms with Crippen molar-refractivity contribution in [2.24, 2.45) is 29.4 Å². The molecule has 0 bridgehead atoms. The van der Waals surface area contributed by atoms with E-state index in [0.29, 0.717) is 117 Å². The first kappa shape index (κ1) is 59.8. The van der Waals surface area contributed by atoms with Crippen LogP contribution in [0.2, 0.25) is 0 Å². The van der Waals surface area contributed by atoms with Crippen LogP contribution in [0.25, 0.3) is 66.6 Å². The summed E-state index contributed by atoms with van der Waals surface area (Å²) in [7, 11) is 0. The molecule has 0 spiro atoms. The quantitative estimate of drug-likeness (QED) is 0.0633. The van der Waals surface area contributed by atoms with Gasteiger partial charge in [-0.25, -0.2) is 56.6 Å². The molecule has 6 N–H and O–H groups in total. The second-order valence-electron chi connectivity index (χ2n) is 24.5. The van der Waals surface area contributed by atoms with Crippen LogP contribution in [0.4, 0.5) is 34.0 Å². The Bertz CT molecular complexity index is 4820. The number of ether oxygens (including phenoxy) is 2. The number of H-pyrrole nitrogens is 1. The van der Waals surface area contributed by atoms with Crippen LogP contribution < -0.4 is 20.9 Å². The van der Waals surface area contributed by atoms with Gasteiger partial charge in [0.1, 0.15) is 35.0 Å². The zero-order valence-corrected chi connectivity index (χ0v) is 50.3. The Hall–Kier alpha value is -10.5. The molecule has 25 heteroatoms. The molecule has 1 amide bonds. The number of nitrogens with zero attached hydrogens (tertiary/aromatic N) is 11. The fourth-order valence-electron chi connectivity index (χ4n) is 15.3. The van der Waals surface area contributed by atoms with Gasteiger partial charge < -0.3 is 40.5 Å². The molecule has 11 aromatic rings. The first-order chi connectivity index (χ1) is 45.8. The third-order valence-corrected chi connectivity index (χ3v) is 19.9. The fourth-order valence-corrected chi connectivity index (χ4v) is 15.3. The number of carboxylic acid groups (broad SMARTS) is 2. The Kier molecular flexibility index (Phi) is 15.2. The number of fused-ring (bicyclic) bond motifs is 6. The molecule has 7 atom stereocenters. The van der Waals surface area contributed by atoms with Gasteiger partial charge in [-0.2, -0.15) is 10.2 Å². The number of benzene rings is 5. The first-order valence-electron chi connectivity index (χ1n) is 31.1. The van der Waals surface area contributed by atoms with E-state index in [1.807, 2.05) is 42.5 Å². The van der Waals surface area contributed by atoms with Crippen molar-refractivity contribution in [1.82, 2.24) is 55.2 Å². The number of rotatable bonds is 14. The average Bonchev–Trinajstić information content (AvgIpc) is 1.53. The maximum atomic E-state index is 15.6. The van der Waals surface area contributed by atoms with Crippen LogP contribution >= 0.6 is 0 Å². The van der Waals surface area contributed by atoms with Crippen LogP contribution in [-0.2, 0) is 26.9 Å². The average molecular weight is 1270 g/mol. The molecule has 5 fully saturated rings. The first-order valence-corrected chi connectivity index (χ1v) is 31.1. The number of carboxylic acids is 2. The lowest BCUT2D eigenvalue weighted by molar-refractivity contribution is -0.0368. The number of aromatic carboxylic acids is 2. The number of alkyl carbamates (subject to hydrolysis) is 1. The summed E-state index contributed by atoms with van der Waals surface area (Å²) in [5, 5.41) is 36.0. The van der Waals surface area contributed by atoms with E-state index in [1.54, 1.807) is 65.9 Å². The normalized spacial score (nSPS) is 22.1. The van der Waals surface area contributed by atoms with E-state index in [4.69, 9.17) is 35.3 Å². The number of carbonyl (C=O) groups is 3. The van der Waals surface area contributed by atoms with Crippen molar-refractivity contribution < 1.29 is 51.6 Å². The number of aromatic amines is 1. The van der Waals surface area contributed by atoms with Crippen molar-refractivity contribution >= 4 is 73.8 Å². The predicted molar refractivity (Wildman–Crippen MR) is 339 cm³/mol. The van der Waals surface area contributed by atoms with E-state index < -0.39 is 52.1 Å². The maximum Gasteiger partial charge on any atom is 0.407 e. The number of piperidine rings is 2. The summed E-state index contributed by atoms with van der Waals surface area (Å²) in [6.45, 7) is 3.31. The molecule has 1 unspecified atom stereocenters. The van der Waals surface area contributed by atoms with Crippen LogP contribution in [0.15, 0.2) is 140 Å². The highest BCUT2D eigenvalue weighted by Crippen LogP contribution is 2.65. The molecule has 9 heterocycles. The van der Waals surface area contributed by atoms with Gasteiger partial charge in [-0.15, -0.1) is 0 Å². The van der Waals surface area contributed by atoms with Crippen LogP contribution in [-0.4, -0.2) is 124 Å². The van der Waals surface area contributed by atoms with E-state index in [0.717, 1.165) is 48.9 Å². The van der Waals surface area contributed by atoms with Gasteiger partial charge in [-0.05, 0) is 109 Å². The number of carbonyl (C=O) groups excluding carboxylic acids is 1. The summed E-state index contributed by atoms with van der Waals surface area (Å²) in [6, 6.07) is 31.5. The second kappa shape index (κ2) is 23.9. The number of nitrogens with one attached hydrogen (secondary N) is 2. The largest absolute Gasteiger partial charge is 0.478 e. The van der Waals surface area contributed by atoms with Gasteiger partial charge in [0, 0.05) is 91.0 Å². The molecule has 2 aliphatic carbocycles. The molecule has 0 radical (unpaired) electrons. The highest BCUT2D eigenvalue weighted by atomic mass is 19.2. The Morgan fingerprint density at radius 2 is 1.26 bits per heavy atom. The number of nitrogens with two attached hydrogens (primary N) is 1. The zero-order valence-electron chi connectivity index (χ0n) is 50.3. The van der Waals surface area contributed by atoms with Crippen molar-refractivity contribution in [3.63, 3.8) is 0 Å². The monoisotopic (exact) mass is 1270 g/mol. The summed E-state index contributed by atoms with van der Waals surface area (Å²) in [6.07, 6.45) is 9.54. The Morgan fingerprint density at radius 1 is 0.649 bits per heavy atom. The molecule has 21 nitrogen and oxygen atoms in total. The van der Waals surface area contributed by atoms with Crippen LogP contribution in [0, 0.1) is 46.9 Å². The van der Waals surface area contributed by atoms with Crippen molar-refractivity contribution in [3.05, 3.63) is 191 Å². The number of anilines is 2. The van der Waals surface area contributed by atoms with Crippen LogP contribution in [0.1, 0.15) is 75.7 Å². The fraction of sp³-hybridized carbons (Fsp3) is 0.290. The number of halogens is 4. The maximum absolute atomic E-state index is 15.6. The predicted octanol–water partition coefficient (Wildman–Crippen LogP) is 10.9. The molecule has 94 heavy (non-hydrogen) atoms. The zero-order chi connectivity index (χ0) is 64.6. The van der Waals surface area contributed by atoms with Gasteiger partial charge >= 0.3 is 18.0 Å². The Morgan fingerprint density at radius 3 is 1.89 bits per heavy atom. The standard InChI is InChI=1S/C41H37F2N7O5.C28H23F2N7O2/c42-31-12-6-11-29(34(31)43)41(23-46-40(53)55-22-24-8-2-1-3-9-24)28-16-18-49(21-30(28)41)32-20-45-37-36(48-50(38(37)47-32)33-13-4-5-19-54-33)26-14-15-27(39(51)52)35-25(26)10-7-17-44-35;29-20-5-1-4-18(22(20)30)28(13-31)17-8-10-37(12-19(17)28)21-11-33-25-24(35-36-26(25)34-21)15-6-7-16(27(38)39)23-14(15)3-2-9-32-23/h1-3,6-12,14-15,17,20,28,30,33H,4-5,13,16,18-19,21-23H2,(H,46,53)(H,51,52);1-7,9,11,17,19H,8,10,12-13,31H2,(H,38,39)(H,34,35,36)/t28-,30+,33?,41-;17-,19+,28-/m11/s1. The van der Waals surface area contributed by atoms with Crippen LogP contribution in [0.5, 0.6) is 0 Å². The summed E-state index contributed by atoms with van der Waals surface area (Å²) in [5.74, 6) is -4.29. The molecule has 5 aliphatic rings. The SMILES string of the molecule is NC[C@]1(c2cccc(F)c2F)[C@@H]2CCN(c3cnc4c(-c5ccc(C(=O)O)c6ncccc56)[nH]nc4n3)C[C@@H]21.O=C(NC[C@]1(c2cccc(F)c2F)[C@@H]2CCN(c3cnc4c(-c5ccc(C(=O)O)c6ncccc56)nn(C5CCCCO5)c4n3)C[C@@H]21)OCc1ccccc1.